The van der Waals surface area contributed by atoms with Crippen molar-refractivity contribution >= 4 is 24.9 Å². The average Bonchev–Trinajstić information content (AvgIpc) is 2.62. The van der Waals surface area contributed by atoms with Gasteiger partial charge in [0.05, 0.1) is 13.2 Å². The molecule has 0 aliphatic rings. The van der Waals surface area contributed by atoms with Crippen LogP contribution in [0.25, 0.3) is 0 Å². The largest absolute Gasteiger partial charge is 0.480 e. The molecule has 27 heavy (non-hydrogen) atoms. The number of hydrogen-bond donors (Lipinski definition) is 1. The molecule has 0 fully saturated rings. The molecule has 1 N–H and O–H groups in total. The van der Waals surface area contributed by atoms with Crippen LogP contribution in [0.4, 0.5) is 0 Å². The summed E-state index contributed by atoms with van der Waals surface area (Å²) in [7, 11) is 0. The molecule has 10 nitrogen and oxygen atoms in total. The van der Waals surface area contributed by atoms with E-state index < -0.39 is 11.9 Å². The quantitative estimate of drug-likeness (QED) is 0.120. The first-order valence-corrected chi connectivity index (χ1v) is 8.43. The maximum absolute atomic E-state index is 11.5. The van der Waals surface area contributed by atoms with Crippen LogP contribution in [-0.4, -0.2) is 86.0 Å². The second-order valence-electron chi connectivity index (χ2n) is 5.93. The van der Waals surface area contributed by atoms with E-state index in [4.69, 9.17) is 19.3 Å². The molecule has 154 valence electrons. The highest BCUT2D eigenvalue weighted by Crippen LogP contribution is 2.11. The summed E-state index contributed by atoms with van der Waals surface area (Å²) >= 11 is 0. The van der Waals surface area contributed by atoms with Crippen molar-refractivity contribution in [2.75, 3.05) is 46.2 Å². The van der Waals surface area contributed by atoms with Gasteiger partial charge in [0.1, 0.15) is 13.5 Å². The lowest BCUT2D eigenvalue weighted by Gasteiger charge is -2.29. The Morgan fingerprint density at radius 2 is 1.67 bits per heavy atom. The Labute approximate surface area is 158 Å². The van der Waals surface area contributed by atoms with E-state index in [1.807, 2.05) is 6.92 Å². The summed E-state index contributed by atoms with van der Waals surface area (Å²) in [6.07, 6.45) is 0.438. The van der Waals surface area contributed by atoms with Crippen molar-refractivity contribution in [1.82, 2.24) is 9.80 Å². The summed E-state index contributed by atoms with van der Waals surface area (Å²) in [5.74, 6) is -1.58. The molecule has 0 saturated carbocycles. The molecule has 0 heterocycles. The number of nitrogens with zero attached hydrogens (tertiary/aromatic N) is 2. The van der Waals surface area contributed by atoms with Gasteiger partial charge in [-0.25, -0.2) is 9.69 Å². The minimum absolute atomic E-state index is 0.0928. The van der Waals surface area contributed by atoms with E-state index in [1.165, 1.54) is 0 Å². The van der Waals surface area contributed by atoms with Gasteiger partial charge in [-0.15, -0.1) is 0 Å². The standard InChI is InChI=1S/C17H28N2O8/c1-4-18(9-16(22)23)7-15(5-6-27-17(24)14(2)3)8-19(10-25-12-20)11-26-13-21/h12-13,15H,2,4-11H2,1,3H3,(H,22,23). The molecular formula is C17H28N2O8. The fourth-order valence-corrected chi connectivity index (χ4v) is 2.32. The fraction of sp³-hybridized carbons (Fsp3) is 0.647. The molecule has 0 aromatic rings. The smallest absolute Gasteiger partial charge is 0.333 e. The van der Waals surface area contributed by atoms with Gasteiger partial charge < -0.3 is 19.3 Å². The lowest BCUT2D eigenvalue weighted by atomic mass is 10.0. The van der Waals surface area contributed by atoms with Gasteiger partial charge in [-0.1, -0.05) is 13.5 Å². The highest BCUT2D eigenvalue weighted by Gasteiger charge is 2.20. The summed E-state index contributed by atoms with van der Waals surface area (Å²) in [6.45, 7) is 8.51. The first kappa shape index (κ1) is 24.5. The molecule has 1 unspecified atom stereocenters. The van der Waals surface area contributed by atoms with Crippen molar-refractivity contribution in [3.05, 3.63) is 12.2 Å². The van der Waals surface area contributed by atoms with Crippen LogP contribution in [0.2, 0.25) is 0 Å². The Morgan fingerprint density at radius 1 is 1.11 bits per heavy atom. The molecule has 0 saturated heterocycles. The second-order valence-corrected chi connectivity index (χ2v) is 5.93. The first-order chi connectivity index (χ1) is 12.8. The molecule has 0 bridgehead atoms. The number of hydrogen-bond acceptors (Lipinski definition) is 9. The molecule has 0 radical (unpaired) electrons. The summed E-state index contributed by atoms with van der Waals surface area (Å²) < 4.78 is 14.5. The van der Waals surface area contributed by atoms with Crippen molar-refractivity contribution in [2.45, 2.75) is 20.3 Å². The lowest BCUT2D eigenvalue weighted by Crippen LogP contribution is -2.41. The summed E-state index contributed by atoms with van der Waals surface area (Å²) in [6, 6.07) is 0. The third kappa shape index (κ3) is 12.5. The number of esters is 1. The predicted octanol–water partition coefficient (Wildman–Crippen LogP) is 0.0815. The molecule has 1 atom stereocenters. The number of carbonyl (C=O) groups excluding carboxylic acids is 3. The molecule has 0 rings (SSSR count). The van der Waals surface area contributed by atoms with E-state index in [0.29, 0.717) is 26.1 Å². The Morgan fingerprint density at radius 3 is 2.11 bits per heavy atom. The maximum atomic E-state index is 11.5. The second kappa shape index (κ2) is 14.7. The van der Waals surface area contributed by atoms with Crippen LogP contribution in [0.5, 0.6) is 0 Å². The van der Waals surface area contributed by atoms with Crippen molar-refractivity contribution in [2.24, 2.45) is 5.92 Å². The Kier molecular flexibility index (Phi) is 13.3. The van der Waals surface area contributed by atoms with Gasteiger partial charge in [0.15, 0.2) is 0 Å². The minimum atomic E-state index is -0.949. The predicted molar refractivity (Wildman–Crippen MR) is 94.4 cm³/mol. The van der Waals surface area contributed by atoms with Crippen LogP contribution in [0.15, 0.2) is 12.2 Å². The van der Waals surface area contributed by atoms with E-state index >= 15 is 0 Å². The average molecular weight is 388 g/mol. The fourth-order valence-electron chi connectivity index (χ4n) is 2.32. The van der Waals surface area contributed by atoms with Gasteiger partial charge in [-0.05, 0) is 25.8 Å². The molecular weight excluding hydrogens is 360 g/mol. The molecule has 0 amide bonds. The molecule has 10 heteroatoms. The Hall–Kier alpha value is -2.46. The molecule has 0 aliphatic carbocycles. The van der Waals surface area contributed by atoms with Crippen LogP contribution >= 0.6 is 0 Å². The molecule has 0 spiro atoms. The summed E-state index contributed by atoms with van der Waals surface area (Å²) in [4.78, 5) is 46.7. The third-order valence-corrected chi connectivity index (χ3v) is 3.60. The van der Waals surface area contributed by atoms with Crippen molar-refractivity contribution in [3.8, 4) is 0 Å². The van der Waals surface area contributed by atoms with E-state index in [0.717, 1.165) is 0 Å². The van der Waals surface area contributed by atoms with Gasteiger partial charge >= 0.3 is 11.9 Å². The maximum Gasteiger partial charge on any atom is 0.333 e. The van der Waals surface area contributed by atoms with E-state index in [-0.39, 0.29) is 51.0 Å². The van der Waals surface area contributed by atoms with E-state index in [9.17, 15) is 19.2 Å². The summed E-state index contributed by atoms with van der Waals surface area (Å²) in [5, 5.41) is 9.00. The highest BCUT2D eigenvalue weighted by molar-refractivity contribution is 5.86. The SMILES string of the molecule is C=C(C)C(=O)OCCC(CN(COC=O)COC=O)CN(CC)CC(=O)O. The number of carboxylic acid groups (broad SMARTS) is 1. The monoisotopic (exact) mass is 388 g/mol. The Balaban J connectivity index is 4.94. The molecule has 0 aliphatic heterocycles. The zero-order valence-corrected chi connectivity index (χ0v) is 15.8. The van der Waals surface area contributed by atoms with Crippen LogP contribution in [0, 0.1) is 5.92 Å². The zero-order valence-electron chi connectivity index (χ0n) is 15.8. The van der Waals surface area contributed by atoms with E-state index in [2.05, 4.69) is 6.58 Å². The normalized spacial score (nSPS) is 11.7. The molecule has 0 aromatic heterocycles. The number of rotatable bonds is 17. The van der Waals surface area contributed by atoms with Gasteiger partial charge in [0.25, 0.3) is 12.9 Å². The highest BCUT2D eigenvalue weighted by atomic mass is 16.6. The van der Waals surface area contributed by atoms with Gasteiger partial charge in [-0.3, -0.25) is 19.3 Å². The van der Waals surface area contributed by atoms with Crippen LogP contribution in [0.1, 0.15) is 20.3 Å². The van der Waals surface area contributed by atoms with Crippen molar-refractivity contribution < 1.29 is 38.5 Å². The number of ether oxygens (including phenoxy) is 3. The van der Waals surface area contributed by atoms with Crippen molar-refractivity contribution in [3.63, 3.8) is 0 Å². The van der Waals surface area contributed by atoms with E-state index in [1.54, 1.807) is 16.7 Å². The lowest BCUT2D eigenvalue weighted by molar-refractivity contribution is -0.144. The van der Waals surface area contributed by atoms with Gasteiger partial charge in [0.2, 0.25) is 0 Å². The molecule has 0 aromatic carbocycles. The van der Waals surface area contributed by atoms with Crippen LogP contribution < -0.4 is 0 Å². The van der Waals surface area contributed by atoms with Crippen LogP contribution in [-0.2, 0) is 33.4 Å². The number of carboxylic acids is 1. The number of likely N-dealkylation sites (N-methyl/N-ethyl adjacent to an activating group) is 1. The summed E-state index contributed by atoms with van der Waals surface area (Å²) in [5.41, 5.74) is 0.285. The minimum Gasteiger partial charge on any atom is -0.480 e. The van der Waals surface area contributed by atoms with Crippen LogP contribution in [0.3, 0.4) is 0 Å². The number of carbonyl (C=O) groups is 4. The zero-order chi connectivity index (χ0) is 20.7. The number of aliphatic carboxylic acids is 1. The van der Waals surface area contributed by atoms with Gasteiger partial charge in [-0.2, -0.15) is 0 Å². The van der Waals surface area contributed by atoms with Gasteiger partial charge in [0, 0.05) is 18.7 Å². The Bertz CT molecular complexity index is 485. The topological polar surface area (TPSA) is 123 Å². The third-order valence-electron chi connectivity index (χ3n) is 3.60. The van der Waals surface area contributed by atoms with Crippen molar-refractivity contribution in [1.29, 1.82) is 0 Å². The first-order valence-electron chi connectivity index (χ1n) is 8.43.